The minimum atomic E-state index is 0. The average Bonchev–Trinajstić information content (AvgIpc) is 2.44. The van der Waals surface area contributed by atoms with Gasteiger partial charge in [0.1, 0.15) is 0 Å². The lowest BCUT2D eigenvalue weighted by molar-refractivity contribution is -0.870. The zero-order valence-corrected chi connectivity index (χ0v) is 19.2. The largest absolute Gasteiger partial charge is 1.00 e. The van der Waals surface area contributed by atoms with Gasteiger partial charge in [0.2, 0.25) is 0 Å². The number of hydrogen-bond donors (Lipinski definition) is 0. The summed E-state index contributed by atoms with van der Waals surface area (Å²) >= 11 is 5.62. The first kappa shape index (κ1) is 28.5. The Morgan fingerprint density at radius 2 is 0.913 bits per heavy atom. The Morgan fingerprint density at radius 1 is 0.565 bits per heavy atom. The molecule has 0 radical (unpaired) electrons. The van der Waals surface area contributed by atoms with Gasteiger partial charge < -0.3 is 21.5 Å². The molecule has 0 unspecified atom stereocenters. The van der Waals surface area contributed by atoms with Gasteiger partial charge in [0, 0.05) is 5.88 Å². The Hall–Kier alpha value is 0.730. The summed E-state index contributed by atoms with van der Waals surface area (Å²) in [6.45, 7) is 5.77. The van der Waals surface area contributed by atoms with Crippen LogP contribution in [-0.4, -0.2) is 38.1 Å². The summed E-state index contributed by atoms with van der Waals surface area (Å²) in [5.41, 5.74) is 0. The van der Waals surface area contributed by atoms with E-state index >= 15 is 0 Å². The fourth-order valence-electron chi connectivity index (χ4n) is 2.61. The molecule has 0 aromatic heterocycles. The van der Waals surface area contributed by atoms with E-state index in [1.807, 2.05) is 0 Å². The average molecular weight is 415 g/mol. The number of alkyl halides is 1. The van der Waals surface area contributed by atoms with Crippen LogP contribution in [0.3, 0.4) is 0 Å². The van der Waals surface area contributed by atoms with Crippen LogP contribution in [-0.2, 0) is 0 Å². The van der Waals surface area contributed by atoms with Gasteiger partial charge in [-0.2, -0.15) is 0 Å². The maximum atomic E-state index is 5.62. The predicted molar refractivity (Wildman–Crippen MR) is 105 cm³/mol. The van der Waals surface area contributed by atoms with Gasteiger partial charge in [0.15, 0.2) is 0 Å². The van der Waals surface area contributed by atoms with Crippen molar-refractivity contribution in [2.24, 2.45) is 0 Å². The molecule has 0 heterocycles. The van der Waals surface area contributed by atoms with E-state index in [0.29, 0.717) is 0 Å². The van der Waals surface area contributed by atoms with E-state index in [-0.39, 0.29) is 17.0 Å². The molecule has 0 aliphatic carbocycles. The number of rotatable bonds is 14. The molecule has 0 amide bonds. The zero-order valence-electron chi connectivity index (χ0n) is 16.8. The van der Waals surface area contributed by atoms with Crippen LogP contribution in [0.2, 0.25) is 0 Å². The molecule has 0 saturated carbocycles. The molecule has 0 aromatic carbocycles. The number of nitrogens with zero attached hydrogens (tertiary/aromatic N) is 1. The van der Waals surface area contributed by atoms with Crippen LogP contribution in [0.5, 0.6) is 0 Å². The van der Waals surface area contributed by atoms with Gasteiger partial charge in [-0.15, -0.1) is 11.6 Å². The lowest BCUT2D eigenvalue weighted by atomic mass is 10.1. The third-order valence-corrected chi connectivity index (χ3v) is 4.15. The summed E-state index contributed by atoms with van der Waals surface area (Å²) < 4.78 is 1.09. The molecule has 0 atom stereocenters. The van der Waals surface area contributed by atoms with Crippen molar-refractivity contribution in [3.05, 3.63) is 0 Å². The molecule has 0 saturated heterocycles. The van der Waals surface area contributed by atoms with Crippen LogP contribution in [0.15, 0.2) is 0 Å². The molecular formula is C20H45BrClN. The molecule has 0 aliphatic heterocycles. The predicted octanol–water partition coefficient (Wildman–Crippen LogP) is 4.03. The van der Waals surface area contributed by atoms with E-state index < -0.39 is 0 Å². The monoisotopic (exact) mass is 413 g/mol. The van der Waals surface area contributed by atoms with Gasteiger partial charge >= 0.3 is 0 Å². The highest BCUT2D eigenvalue weighted by Crippen LogP contribution is 2.11. The van der Waals surface area contributed by atoms with Crippen molar-refractivity contribution in [2.45, 2.75) is 97.3 Å². The van der Waals surface area contributed by atoms with E-state index in [0.717, 1.165) is 10.4 Å². The maximum Gasteiger partial charge on any atom is 0.0777 e. The highest BCUT2D eigenvalue weighted by atomic mass is 79.9. The van der Waals surface area contributed by atoms with Gasteiger partial charge in [-0.1, -0.05) is 84.5 Å². The fourth-order valence-corrected chi connectivity index (χ4v) is 2.80. The van der Waals surface area contributed by atoms with Crippen molar-refractivity contribution in [1.29, 1.82) is 0 Å². The smallest absolute Gasteiger partial charge is 0.0777 e. The van der Waals surface area contributed by atoms with Crippen molar-refractivity contribution >= 4 is 11.6 Å². The summed E-state index contributed by atoms with van der Waals surface area (Å²) in [7, 11) is 6.64. The van der Waals surface area contributed by atoms with E-state index in [1.165, 1.54) is 90.0 Å². The number of unbranched alkanes of at least 4 members (excludes halogenated alkanes) is 11. The zero-order chi connectivity index (χ0) is 17.1. The second-order valence-corrected chi connectivity index (χ2v) is 7.97. The first-order valence-corrected chi connectivity index (χ1v) is 10.4. The Labute approximate surface area is 163 Å². The Morgan fingerprint density at radius 3 is 1.13 bits per heavy atom. The van der Waals surface area contributed by atoms with Crippen molar-refractivity contribution in [3.8, 4) is 0 Å². The van der Waals surface area contributed by atoms with Crippen LogP contribution in [0.4, 0.5) is 0 Å². The molecule has 0 aliphatic rings. The molecule has 0 aromatic rings. The highest BCUT2D eigenvalue weighted by molar-refractivity contribution is 6.17. The van der Waals surface area contributed by atoms with E-state index in [9.17, 15) is 0 Å². The summed E-state index contributed by atoms with van der Waals surface area (Å²) in [5.74, 6) is 0.845. The van der Waals surface area contributed by atoms with Gasteiger partial charge in [-0.05, 0) is 12.8 Å². The van der Waals surface area contributed by atoms with Crippen LogP contribution in [0.1, 0.15) is 97.3 Å². The summed E-state index contributed by atoms with van der Waals surface area (Å²) in [6.07, 6.45) is 18.1. The highest BCUT2D eigenvalue weighted by Gasteiger charge is 2.01. The lowest BCUT2D eigenvalue weighted by Crippen LogP contribution is -3.00. The lowest BCUT2D eigenvalue weighted by Gasteiger charge is -2.22. The first-order chi connectivity index (χ1) is 10.5. The SMILES string of the molecule is CCCCCCCCCCCCCCCl.CCC[N+](C)(C)C.[Br-]. The van der Waals surface area contributed by atoms with Gasteiger partial charge in [-0.3, -0.25) is 0 Å². The van der Waals surface area contributed by atoms with Crippen LogP contribution in [0.25, 0.3) is 0 Å². The standard InChI is InChI=1S/C14H29Cl.C6H16N.BrH/c1-2-3-4-5-6-7-8-9-10-11-12-13-14-15;1-5-6-7(2,3)4;/h2-14H2,1H3;5-6H2,1-4H3;1H/q;+1;/p-1. The normalized spacial score (nSPS) is 10.7. The molecule has 0 rings (SSSR count). The molecular weight excluding hydrogens is 370 g/mol. The molecule has 0 bridgehead atoms. The topological polar surface area (TPSA) is 0 Å². The van der Waals surface area contributed by atoms with E-state index in [1.54, 1.807) is 0 Å². The van der Waals surface area contributed by atoms with Crippen LogP contribution < -0.4 is 17.0 Å². The molecule has 1 nitrogen and oxygen atoms in total. The van der Waals surface area contributed by atoms with E-state index in [4.69, 9.17) is 11.6 Å². The number of halogens is 2. The Bertz CT molecular complexity index is 181. The minimum absolute atomic E-state index is 0. The van der Waals surface area contributed by atoms with Gasteiger partial charge in [0.05, 0.1) is 27.7 Å². The summed E-state index contributed by atoms with van der Waals surface area (Å²) in [5, 5.41) is 0. The number of quaternary nitrogens is 1. The minimum Gasteiger partial charge on any atom is -1.00 e. The Balaban J connectivity index is -0.000000425. The van der Waals surface area contributed by atoms with Gasteiger partial charge in [-0.25, -0.2) is 0 Å². The quantitative estimate of drug-likeness (QED) is 0.229. The fraction of sp³-hybridized carbons (Fsp3) is 1.00. The third-order valence-electron chi connectivity index (χ3n) is 3.88. The van der Waals surface area contributed by atoms with Gasteiger partial charge in [0.25, 0.3) is 0 Å². The molecule has 0 N–H and O–H groups in total. The molecule has 23 heavy (non-hydrogen) atoms. The molecule has 3 heteroatoms. The summed E-state index contributed by atoms with van der Waals surface area (Å²) in [6, 6.07) is 0. The second kappa shape index (κ2) is 22.7. The van der Waals surface area contributed by atoms with Crippen molar-refractivity contribution in [2.75, 3.05) is 33.6 Å². The van der Waals surface area contributed by atoms with Crippen LogP contribution >= 0.6 is 11.6 Å². The third kappa shape index (κ3) is 34.9. The van der Waals surface area contributed by atoms with E-state index in [2.05, 4.69) is 35.0 Å². The molecule has 0 spiro atoms. The second-order valence-electron chi connectivity index (χ2n) is 7.59. The maximum absolute atomic E-state index is 5.62. The first-order valence-electron chi connectivity index (χ1n) is 9.84. The Kier molecular flexibility index (Phi) is 28.2. The van der Waals surface area contributed by atoms with Crippen molar-refractivity contribution < 1.29 is 21.5 Å². The van der Waals surface area contributed by atoms with Crippen molar-refractivity contribution in [3.63, 3.8) is 0 Å². The number of hydrogen-bond acceptors (Lipinski definition) is 0. The molecule has 0 fully saturated rings. The summed E-state index contributed by atoms with van der Waals surface area (Å²) in [4.78, 5) is 0. The van der Waals surface area contributed by atoms with Crippen molar-refractivity contribution in [1.82, 2.24) is 0 Å². The van der Waals surface area contributed by atoms with Crippen LogP contribution in [0, 0.1) is 0 Å². The molecule has 144 valence electrons.